The lowest BCUT2D eigenvalue weighted by Gasteiger charge is -2.37. The zero-order chi connectivity index (χ0) is 17.3. The number of hydrogen-bond acceptors (Lipinski definition) is 6. The highest BCUT2D eigenvalue weighted by atomic mass is 32.1. The number of rotatable bonds is 4. The fourth-order valence-corrected chi connectivity index (χ4v) is 5.62. The van der Waals surface area contributed by atoms with E-state index in [0.717, 1.165) is 22.7 Å². The van der Waals surface area contributed by atoms with Crippen molar-refractivity contribution >= 4 is 34.2 Å². The Morgan fingerprint density at radius 3 is 2.40 bits per heavy atom. The maximum Gasteiger partial charge on any atom is 0.246 e. The summed E-state index contributed by atoms with van der Waals surface area (Å²) in [5.74, 6) is 0.220. The molecule has 1 N–H and O–H groups in total. The number of imide groups is 1. The number of nitrogens with zero attached hydrogens (tertiary/aromatic N) is 3. The first-order valence-electron chi connectivity index (χ1n) is 8.74. The Labute approximate surface area is 148 Å². The lowest BCUT2D eigenvalue weighted by molar-refractivity contribution is -0.142. The summed E-state index contributed by atoms with van der Waals surface area (Å²) in [6.07, 6.45) is 6.13. The topological polar surface area (TPSA) is 92.3 Å². The van der Waals surface area contributed by atoms with Crippen LogP contribution in [0.5, 0.6) is 0 Å². The van der Waals surface area contributed by atoms with Gasteiger partial charge in [0.15, 0.2) is 0 Å². The monoisotopic (exact) mass is 358 g/mol. The van der Waals surface area contributed by atoms with Gasteiger partial charge in [-0.05, 0) is 36.5 Å². The second-order valence-electron chi connectivity index (χ2n) is 7.32. The van der Waals surface area contributed by atoms with Gasteiger partial charge in [0.1, 0.15) is 11.6 Å². The Balaban J connectivity index is 1.31. The van der Waals surface area contributed by atoms with Crippen molar-refractivity contribution in [2.45, 2.75) is 19.8 Å². The largest absolute Gasteiger partial charge is 0.299 e. The summed E-state index contributed by atoms with van der Waals surface area (Å²) in [6, 6.07) is 0. The van der Waals surface area contributed by atoms with Gasteiger partial charge in [-0.1, -0.05) is 30.4 Å². The van der Waals surface area contributed by atoms with Crippen LogP contribution >= 0.6 is 11.3 Å². The van der Waals surface area contributed by atoms with Crippen LogP contribution in [0, 0.1) is 35.5 Å². The minimum Gasteiger partial charge on any atom is -0.299 e. The Kier molecular flexibility index (Phi) is 3.16. The predicted octanol–water partition coefficient (Wildman–Crippen LogP) is 1.09. The van der Waals surface area contributed by atoms with Crippen molar-refractivity contribution in [2.75, 3.05) is 11.9 Å². The number of aromatic nitrogens is 2. The minimum absolute atomic E-state index is 0.179. The second-order valence-corrected chi connectivity index (χ2v) is 8.38. The summed E-state index contributed by atoms with van der Waals surface area (Å²) in [7, 11) is 0. The van der Waals surface area contributed by atoms with Crippen LogP contribution in [0.25, 0.3) is 0 Å². The molecule has 0 aromatic carbocycles. The maximum absolute atomic E-state index is 12.8. The molecule has 2 bridgehead atoms. The SMILES string of the molecule is CCc1nnc(NC(=O)CN2C(=O)[C@@H]3[C@H]4C=C[C@@H]([C@@H]5C[C@H]45)[C@@H]3C2=O)s1. The molecule has 3 amide bonds. The van der Waals surface area contributed by atoms with Crippen molar-refractivity contribution < 1.29 is 14.4 Å². The van der Waals surface area contributed by atoms with Crippen molar-refractivity contribution in [3.8, 4) is 0 Å². The van der Waals surface area contributed by atoms with Gasteiger partial charge in [0.05, 0.1) is 11.8 Å². The zero-order valence-corrected chi connectivity index (χ0v) is 14.5. The van der Waals surface area contributed by atoms with E-state index in [1.807, 2.05) is 6.92 Å². The average Bonchev–Trinajstić information content (AvgIpc) is 3.27. The molecule has 1 aromatic heterocycles. The highest BCUT2D eigenvalue weighted by molar-refractivity contribution is 7.15. The van der Waals surface area contributed by atoms with Gasteiger partial charge in [-0.25, -0.2) is 0 Å². The highest BCUT2D eigenvalue weighted by Gasteiger charge is 2.67. The summed E-state index contributed by atoms with van der Waals surface area (Å²) in [4.78, 5) is 39.1. The smallest absolute Gasteiger partial charge is 0.246 e. The molecule has 1 aromatic rings. The number of carbonyl (C=O) groups is 3. The van der Waals surface area contributed by atoms with E-state index in [-0.39, 0.29) is 42.0 Å². The third-order valence-electron chi connectivity index (χ3n) is 6.07. The number of anilines is 1. The average molecular weight is 358 g/mol. The first-order valence-corrected chi connectivity index (χ1v) is 9.56. The van der Waals surface area contributed by atoms with Crippen LogP contribution in [0.2, 0.25) is 0 Å². The molecule has 0 spiro atoms. The van der Waals surface area contributed by atoms with Crippen molar-refractivity contribution in [2.24, 2.45) is 35.5 Å². The quantitative estimate of drug-likeness (QED) is 0.643. The van der Waals surface area contributed by atoms with Crippen LogP contribution < -0.4 is 5.32 Å². The van der Waals surface area contributed by atoms with E-state index in [4.69, 9.17) is 0 Å². The fraction of sp³-hybridized carbons (Fsp3) is 0.588. The van der Waals surface area contributed by atoms with E-state index in [1.165, 1.54) is 11.3 Å². The molecular weight excluding hydrogens is 340 g/mol. The molecule has 25 heavy (non-hydrogen) atoms. The summed E-state index contributed by atoms with van der Waals surface area (Å²) in [5.41, 5.74) is 0. The number of amides is 3. The Morgan fingerprint density at radius 2 is 1.84 bits per heavy atom. The highest BCUT2D eigenvalue weighted by Crippen LogP contribution is 2.65. The molecule has 130 valence electrons. The zero-order valence-electron chi connectivity index (χ0n) is 13.7. The summed E-state index contributed by atoms with van der Waals surface area (Å²) < 4.78 is 0. The maximum atomic E-state index is 12.8. The molecule has 5 aliphatic rings. The van der Waals surface area contributed by atoms with Gasteiger partial charge in [-0.3, -0.25) is 24.6 Å². The molecule has 2 heterocycles. The van der Waals surface area contributed by atoms with E-state index in [1.54, 1.807) is 0 Å². The van der Waals surface area contributed by atoms with E-state index in [2.05, 4.69) is 27.7 Å². The van der Waals surface area contributed by atoms with Crippen molar-refractivity contribution in [1.29, 1.82) is 0 Å². The molecule has 6 atom stereocenters. The van der Waals surface area contributed by atoms with Crippen LogP contribution in [0.4, 0.5) is 5.13 Å². The van der Waals surface area contributed by atoms with Gasteiger partial charge in [0.25, 0.3) is 0 Å². The molecule has 0 radical (unpaired) electrons. The van der Waals surface area contributed by atoms with Crippen LogP contribution in [0.15, 0.2) is 12.2 Å². The van der Waals surface area contributed by atoms with Gasteiger partial charge < -0.3 is 0 Å². The van der Waals surface area contributed by atoms with Crippen LogP contribution in [-0.4, -0.2) is 39.4 Å². The molecule has 6 rings (SSSR count). The van der Waals surface area contributed by atoms with Crippen LogP contribution in [-0.2, 0) is 20.8 Å². The lowest BCUT2D eigenvalue weighted by Crippen LogP contribution is -2.40. The van der Waals surface area contributed by atoms with Gasteiger partial charge in [0, 0.05) is 0 Å². The third kappa shape index (κ3) is 2.13. The number of carbonyl (C=O) groups excluding carboxylic acids is 3. The second kappa shape index (κ2) is 5.20. The number of hydrogen-bond donors (Lipinski definition) is 1. The van der Waals surface area contributed by atoms with E-state index >= 15 is 0 Å². The molecule has 1 saturated heterocycles. The summed E-state index contributed by atoms with van der Waals surface area (Å²) in [6.45, 7) is 1.72. The number of allylic oxidation sites excluding steroid dienone is 2. The van der Waals surface area contributed by atoms with Gasteiger partial charge in [-0.2, -0.15) is 0 Å². The molecule has 0 unspecified atom stereocenters. The lowest BCUT2D eigenvalue weighted by atomic mass is 9.63. The molecular formula is C17H18N4O3S. The molecule has 4 aliphatic carbocycles. The minimum atomic E-state index is -0.399. The molecule has 3 fully saturated rings. The number of nitrogens with one attached hydrogen (secondary N) is 1. The normalized spacial score (nSPS) is 37.2. The van der Waals surface area contributed by atoms with E-state index in [9.17, 15) is 14.4 Å². The van der Waals surface area contributed by atoms with Gasteiger partial charge in [0.2, 0.25) is 22.9 Å². The van der Waals surface area contributed by atoms with Crippen LogP contribution in [0.1, 0.15) is 18.4 Å². The van der Waals surface area contributed by atoms with Crippen molar-refractivity contribution in [3.05, 3.63) is 17.2 Å². The standard InChI is InChI=1S/C17H18N4O3S/c1-2-12-19-20-17(25-12)18-11(22)6-21-15(23)13-7-3-4-8(10-5-9(7)10)14(13)16(21)24/h3-4,7-10,13-14H,2,5-6H2,1H3,(H,18,20,22)/t7-,8-,9-,10+,13-,14+/m0/s1. The third-order valence-corrected chi connectivity index (χ3v) is 7.05. The summed E-state index contributed by atoms with van der Waals surface area (Å²) in [5, 5.41) is 11.7. The van der Waals surface area contributed by atoms with Crippen molar-refractivity contribution in [1.82, 2.24) is 15.1 Å². The number of aryl methyl sites for hydroxylation is 1. The first kappa shape index (κ1) is 15.2. The van der Waals surface area contributed by atoms with Gasteiger partial charge in [-0.15, -0.1) is 10.2 Å². The Bertz CT molecular complexity index is 783. The first-order chi connectivity index (χ1) is 12.1. The molecule has 8 heteroatoms. The van der Waals surface area contributed by atoms with E-state index < -0.39 is 5.91 Å². The fourth-order valence-electron chi connectivity index (χ4n) is 4.92. The van der Waals surface area contributed by atoms with Gasteiger partial charge >= 0.3 is 0 Å². The summed E-state index contributed by atoms with van der Waals surface area (Å²) >= 11 is 1.31. The van der Waals surface area contributed by atoms with Crippen LogP contribution in [0.3, 0.4) is 0 Å². The van der Waals surface area contributed by atoms with Crippen molar-refractivity contribution in [3.63, 3.8) is 0 Å². The Hall–Kier alpha value is -2.09. The number of likely N-dealkylation sites (tertiary alicyclic amines) is 1. The Morgan fingerprint density at radius 1 is 1.20 bits per heavy atom. The van der Waals surface area contributed by atoms with E-state index in [0.29, 0.717) is 17.0 Å². The molecule has 1 aliphatic heterocycles. The molecule has 7 nitrogen and oxygen atoms in total. The molecule has 2 saturated carbocycles. The predicted molar refractivity (Wildman–Crippen MR) is 89.3 cm³/mol.